The number of hydrogen-bond acceptors (Lipinski definition) is 3. The maximum atomic E-state index is 12.1. The summed E-state index contributed by atoms with van der Waals surface area (Å²) < 4.78 is 0. The van der Waals surface area contributed by atoms with Gasteiger partial charge in [0.2, 0.25) is 5.91 Å². The molecule has 1 atom stereocenters. The summed E-state index contributed by atoms with van der Waals surface area (Å²) in [6.07, 6.45) is 5.36. The predicted octanol–water partition coefficient (Wildman–Crippen LogP) is 2.98. The van der Waals surface area contributed by atoms with E-state index in [1.165, 1.54) is 4.88 Å². The van der Waals surface area contributed by atoms with Gasteiger partial charge in [0.05, 0.1) is 6.07 Å². The number of nitrogens with zero attached hydrogens (tertiary/aromatic N) is 2. The van der Waals surface area contributed by atoms with Crippen LogP contribution in [0.1, 0.15) is 37.0 Å². The minimum atomic E-state index is -0.187. The minimum Gasteiger partial charge on any atom is -0.327 e. The first kappa shape index (κ1) is 13.1. The molecule has 4 heteroatoms. The van der Waals surface area contributed by atoms with Gasteiger partial charge in [0.25, 0.3) is 0 Å². The fraction of sp³-hybridized carbons (Fsp3) is 0.571. The van der Waals surface area contributed by atoms with Gasteiger partial charge >= 0.3 is 0 Å². The Labute approximate surface area is 112 Å². The Morgan fingerprint density at radius 2 is 2.44 bits per heavy atom. The molecular formula is C14H18N2OS. The third kappa shape index (κ3) is 3.33. The molecule has 1 saturated heterocycles. The molecule has 1 fully saturated rings. The third-order valence-corrected chi connectivity index (χ3v) is 4.30. The normalized spacial score (nSPS) is 19.5. The number of carbonyl (C=O) groups excluding carboxylic acids is 1. The van der Waals surface area contributed by atoms with Crippen molar-refractivity contribution in [3.05, 3.63) is 22.4 Å². The number of amides is 1. The second-order valence-electron chi connectivity index (χ2n) is 4.66. The highest BCUT2D eigenvalue weighted by atomic mass is 32.1. The van der Waals surface area contributed by atoms with Gasteiger partial charge in [-0.3, -0.25) is 4.79 Å². The number of hydrogen-bond donors (Lipinski definition) is 0. The van der Waals surface area contributed by atoms with Crippen molar-refractivity contribution in [1.82, 2.24) is 4.90 Å². The van der Waals surface area contributed by atoms with Gasteiger partial charge in [0.1, 0.15) is 6.04 Å². The van der Waals surface area contributed by atoms with Crippen molar-refractivity contribution in [2.24, 2.45) is 0 Å². The van der Waals surface area contributed by atoms with Crippen molar-refractivity contribution in [2.75, 3.05) is 6.54 Å². The Bertz CT molecular complexity index is 422. The largest absolute Gasteiger partial charge is 0.327 e. The standard InChI is InChI=1S/C14H18N2OS/c15-11-12-5-1-2-9-16(12)14(17)8-3-6-13-7-4-10-18-13/h4,7,10,12H,1-3,5-6,8-9H2. The van der Waals surface area contributed by atoms with Crippen molar-refractivity contribution in [3.8, 4) is 6.07 Å². The molecule has 1 aromatic heterocycles. The van der Waals surface area contributed by atoms with Gasteiger partial charge < -0.3 is 4.90 Å². The molecule has 0 aromatic carbocycles. The number of thiophene rings is 1. The van der Waals surface area contributed by atoms with E-state index in [1.807, 2.05) is 6.07 Å². The predicted molar refractivity (Wildman–Crippen MR) is 72.2 cm³/mol. The highest BCUT2D eigenvalue weighted by molar-refractivity contribution is 7.09. The highest BCUT2D eigenvalue weighted by Gasteiger charge is 2.25. The summed E-state index contributed by atoms with van der Waals surface area (Å²) in [6.45, 7) is 0.760. The van der Waals surface area contributed by atoms with Crippen molar-refractivity contribution < 1.29 is 4.79 Å². The molecule has 3 nitrogen and oxygen atoms in total. The summed E-state index contributed by atoms with van der Waals surface area (Å²) in [6, 6.07) is 6.20. The molecule has 0 radical (unpaired) electrons. The molecule has 96 valence electrons. The second-order valence-corrected chi connectivity index (χ2v) is 5.69. The average molecular weight is 262 g/mol. The molecule has 0 bridgehead atoms. The maximum absolute atomic E-state index is 12.1. The first-order valence-electron chi connectivity index (χ1n) is 6.52. The van der Waals surface area contributed by atoms with E-state index in [2.05, 4.69) is 17.5 Å². The lowest BCUT2D eigenvalue weighted by atomic mass is 10.0. The van der Waals surface area contributed by atoms with Crippen LogP contribution in [0, 0.1) is 11.3 Å². The third-order valence-electron chi connectivity index (χ3n) is 3.37. The molecule has 1 aliphatic heterocycles. The zero-order valence-corrected chi connectivity index (χ0v) is 11.3. The fourth-order valence-corrected chi connectivity index (χ4v) is 3.13. The molecule has 0 N–H and O–H groups in total. The topological polar surface area (TPSA) is 44.1 Å². The summed E-state index contributed by atoms with van der Waals surface area (Å²) in [4.78, 5) is 15.2. The van der Waals surface area contributed by atoms with E-state index in [0.29, 0.717) is 6.42 Å². The zero-order valence-electron chi connectivity index (χ0n) is 10.5. The van der Waals surface area contributed by atoms with E-state index in [9.17, 15) is 4.79 Å². The first-order chi connectivity index (χ1) is 8.81. The van der Waals surface area contributed by atoms with E-state index in [4.69, 9.17) is 5.26 Å². The molecule has 0 spiro atoms. The van der Waals surface area contributed by atoms with Gasteiger partial charge in [-0.25, -0.2) is 0 Å². The van der Waals surface area contributed by atoms with Gasteiger partial charge in [0, 0.05) is 17.8 Å². The molecule has 0 aliphatic carbocycles. The monoisotopic (exact) mass is 262 g/mol. The number of aryl methyl sites for hydroxylation is 1. The van der Waals surface area contributed by atoms with Crippen LogP contribution in [0.3, 0.4) is 0 Å². The molecule has 1 amide bonds. The van der Waals surface area contributed by atoms with Crippen LogP contribution < -0.4 is 0 Å². The smallest absolute Gasteiger partial charge is 0.223 e. The van der Waals surface area contributed by atoms with Crippen molar-refractivity contribution in [2.45, 2.75) is 44.6 Å². The molecule has 2 heterocycles. The van der Waals surface area contributed by atoms with Crippen LogP contribution in [0.4, 0.5) is 0 Å². The maximum Gasteiger partial charge on any atom is 0.223 e. The van der Waals surface area contributed by atoms with E-state index in [-0.39, 0.29) is 11.9 Å². The number of nitriles is 1. The van der Waals surface area contributed by atoms with Crippen LogP contribution in [0.25, 0.3) is 0 Å². The Morgan fingerprint density at radius 3 is 3.17 bits per heavy atom. The summed E-state index contributed by atoms with van der Waals surface area (Å²) in [5.74, 6) is 0.151. The van der Waals surface area contributed by atoms with Crippen LogP contribution in [-0.4, -0.2) is 23.4 Å². The number of carbonyl (C=O) groups is 1. The summed E-state index contributed by atoms with van der Waals surface area (Å²) in [5, 5.41) is 11.1. The molecule has 1 aromatic rings. The Kier molecular flexibility index (Phi) is 4.77. The molecule has 1 unspecified atom stereocenters. The molecule has 18 heavy (non-hydrogen) atoms. The Morgan fingerprint density at radius 1 is 1.56 bits per heavy atom. The van der Waals surface area contributed by atoms with Crippen molar-refractivity contribution in [1.29, 1.82) is 5.26 Å². The molecule has 0 saturated carbocycles. The van der Waals surface area contributed by atoms with Crippen molar-refractivity contribution in [3.63, 3.8) is 0 Å². The number of rotatable bonds is 4. The van der Waals surface area contributed by atoms with Gasteiger partial charge in [-0.1, -0.05) is 6.07 Å². The summed E-state index contributed by atoms with van der Waals surface area (Å²) >= 11 is 1.74. The highest BCUT2D eigenvalue weighted by Crippen LogP contribution is 2.18. The lowest BCUT2D eigenvalue weighted by Gasteiger charge is -2.31. The minimum absolute atomic E-state index is 0.151. The van der Waals surface area contributed by atoms with Crippen LogP contribution >= 0.6 is 11.3 Å². The first-order valence-corrected chi connectivity index (χ1v) is 7.40. The van der Waals surface area contributed by atoms with Gasteiger partial charge in [-0.15, -0.1) is 11.3 Å². The molecule has 1 aliphatic rings. The van der Waals surface area contributed by atoms with E-state index in [1.54, 1.807) is 16.2 Å². The average Bonchev–Trinajstić information content (AvgIpc) is 2.91. The van der Waals surface area contributed by atoms with E-state index in [0.717, 1.165) is 38.6 Å². The van der Waals surface area contributed by atoms with Crippen LogP contribution in [-0.2, 0) is 11.2 Å². The molecular weight excluding hydrogens is 244 g/mol. The quantitative estimate of drug-likeness (QED) is 0.837. The van der Waals surface area contributed by atoms with E-state index >= 15 is 0 Å². The van der Waals surface area contributed by atoms with Gasteiger partial charge in [0.15, 0.2) is 0 Å². The Hall–Kier alpha value is -1.34. The van der Waals surface area contributed by atoms with Crippen LogP contribution in [0.15, 0.2) is 17.5 Å². The van der Waals surface area contributed by atoms with Crippen LogP contribution in [0.5, 0.6) is 0 Å². The van der Waals surface area contributed by atoms with Gasteiger partial charge in [-0.2, -0.15) is 5.26 Å². The molecule has 2 rings (SSSR count). The summed E-state index contributed by atoms with van der Waals surface area (Å²) in [5.41, 5.74) is 0. The Balaban J connectivity index is 1.78. The number of likely N-dealkylation sites (tertiary alicyclic amines) is 1. The second kappa shape index (κ2) is 6.55. The lowest BCUT2D eigenvalue weighted by molar-refractivity contribution is -0.133. The zero-order chi connectivity index (χ0) is 12.8. The van der Waals surface area contributed by atoms with E-state index < -0.39 is 0 Å². The van der Waals surface area contributed by atoms with Gasteiger partial charge in [-0.05, 0) is 43.6 Å². The lowest BCUT2D eigenvalue weighted by Crippen LogP contribution is -2.42. The number of piperidine rings is 1. The SMILES string of the molecule is N#CC1CCCCN1C(=O)CCCc1cccs1. The van der Waals surface area contributed by atoms with Crippen LogP contribution in [0.2, 0.25) is 0 Å². The van der Waals surface area contributed by atoms with Crippen molar-refractivity contribution >= 4 is 17.2 Å². The fourth-order valence-electron chi connectivity index (χ4n) is 2.38. The summed E-state index contributed by atoms with van der Waals surface area (Å²) in [7, 11) is 0.